The summed E-state index contributed by atoms with van der Waals surface area (Å²) in [7, 11) is 0. The van der Waals surface area contributed by atoms with Crippen molar-refractivity contribution < 1.29 is 9.21 Å². The number of aryl methyl sites for hydroxylation is 2. The number of H-pyrrole nitrogens is 1. The van der Waals surface area contributed by atoms with Crippen molar-refractivity contribution in [3.8, 4) is 0 Å². The highest BCUT2D eigenvalue weighted by atomic mass is 35.5. The molecule has 0 saturated carbocycles. The van der Waals surface area contributed by atoms with Crippen molar-refractivity contribution in [1.29, 1.82) is 0 Å². The fourth-order valence-corrected chi connectivity index (χ4v) is 3.46. The van der Waals surface area contributed by atoms with Crippen LogP contribution in [-0.2, 0) is 24.2 Å². The summed E-state index contributed by atoms with van der Waals surface area (Å²) in [4.78, 5) is 19.8. The maximum absolute atomic E-state index is 12.0. The molecule has 0 saturated heterocycles. The van der Waals surface area contributed by atoms with Gasteiger partial charge in [0.1, 0.15) is 5.82 Å². The lowest BCUT2D eigenvalue weighted by molar-refractivity contribution is -0.118. The first-order valence-electron chi connectivity index (χ1n) is 9.06. The largest absolute Gasteiger partial charge is 0.416 e. The van der Waals surface area contributed by atoms with Gasteiger partial charge in [0.15, 0.2) is 0 Å². The van der Waals surface area contributed by atoms with Gasteiger partial charge in [-0.15, -0.1) is 10.2 Å². The monoisotopic (exact) mass is 427 g/mol. The van der Waals surface area contributed by atoms with Crippen molar-refractivity contribution in [3.63, 3.8) is 0 Å². The van der Waals surface area contributed by atoms with Crippen molar-refractivity contribution in [2.24, 2.45) is 0 Å². The number of aromatic amines is 1. The number of fused-ring (bicyclic) bond motifs is 1. The highest BCUT2D eigenvalue weighted by molar-refractivity contribution is 7.99. The fourth-order valence-electron chi connectivity index (χ4n) is 2.73. The lowest BCUT2D eigenvalue weighted by Gasteiger charge is -2.04. The van der Waals surface area contributed by atoms with Gasteiger partial charge >= 0.3 is 0 Å². The van der Waals surface area contributed by atoms with E-state index in [-0.39, 0.29) is 11.7 Å². The summed E-state index contributed by atoms with van der Waals surface area (Å²) >= 11 is 7.07. The van der Waals surface area contributed by atoms with Crippen LogP contribution >= 0.6 is 23.4 Å². The summed E-state index contributed by atoms with van der Waals surface area (Å²) in [5, 5.41) is 11.9. The molecule has 2 heterocycles. The summed E-state index contributed by atoms with van der Waals surface area (Å²) in [6, 6.07) is 15.2. The van der Waals surface area contributed by atoms with Crippen LogP contribution in [0.25, 0.3) is 11.0 Å². The van der Waals surface area contributed by atoms with Gasteiger partial charge in [0, 0.05) is 24.4 Å². The number of amides is 1. The molecule has 0 fully saturated rings. The fraction of sp³-hybridized carbons (Fsp3) is 0.200. The van der Waals surface area contributed by atoms with E-state index in [0.717, 1.165) is 22.4 Å². The molecule has 4 aromatic rings. The van der Waals surface area contributed by atoms with E-state index in [2.05, 4.69) is 25.5 Å². The molecule has 0 radical (unpaired) electrons. The summed E-state index contributed by atoms with van der Waals surface area (Å²) < 4.78 is 5.61. The van der Waals surface area contributed by atoms with Gasteiger partial charge in [-0.3, -0.25) is 4.79 Å². The number of nitrogens with zero attached hydrogens (tertiary/aromatic N) is 3. The van der Waals surface area contributed by atoms with Crippen LogP contribution in [0.3, 0.4) is 0 Å². The number of hydrogen-bond donors (Lipinski definition) is 2. The summed E-state index contributed by atoms with van der Waals surface area (Å²) in [6.45, 7) is 0.448. The number of aromatic nitrogens is 4. The van der Waals surface area contributed by atoms with E-state index in [1.54, 1.807) is 12.1 Å². The number of rotatable bonds is 8. The first-order valence-corrected chi connectivity index (χ1v) is 10.4. The third-order valence-corrected chi connectivity index (χ3v) is 5.26. The molecule has 0 aliphatic rings. The molecule has 0 spiro atoms. The van der Waals surface area contributed by atoms with Crippen LogP contribution in [0.4, 0.5) is 0 Å². The highest BCUT2D eigenvalue weighted by Gasteiger charge is 2.11. The number of para-hydroxylation sites is 2. The van der Waals surface area contributed by atoms with Crippen LogP contribution in [0, 0.1) is 0 Å². The lowest BCUT2D eigenvalue weighted by atomic mass is 10.2. The van der Waals surface area contributed by atoms with E-state index in [9.17, 15) is 4.79 Å². The van der Waals surface area contributed by atoms with Crippen LogP contribution in [0.5, 0.6) is 0 Å². The molecule has 0 atom stereocenters. The predicted molar refractivity (Wildman–Crippen MR) is 112 cm³/mol. The summed E-state index contributed by atoms with van der Waals surface area (Å²) in [5.41, 5.74) is 2.93. The Kier molecular flexibility index (Phi) is 6.12. The molecule has 29 heavy (non-hydrogen) atoms. The van der Waals surface area contributed by atoms with Crippen molar-refractivity contribution in [2.45, 2.75) is 24.6 Å². The van der Waals surface area contributed by atoms with Crippen LogP contribution in [0.2, 0.25) is 5.02 Å². The normalized spacial score (nSPS) is 11.1. The highest BCUT2D eigenvalue weighted by Crippen LogP contribution is 2.17. The third-order valence-electron chi connectivity index (χ3n) is 4.19. The van der Waals surface area contributed by atoms with Crippen LogP contribution in [0.1, 0.15) is 17.3 Å². The van der Waals surface area contributed by atoms with Gasteiger partial charge in [-0.1, -0.05) is 47.6 Å². The Labute approximate surface area is 176 Å². The van der Waals surface area contributed by atoms with Crippen molar-refractivity contribution in [2.75, 3.05) is 5.75 Å². The zero-order valence-corrected chi connectivity index (χ0v) is 17.0. The molecule has 2 aromatic heterocycles. The number of carbonyl (C=O) groups is 1. The molecule has 0 aliphatic carbocycles. The maximum Gasteiger partial charge on any atom is 0.277 e. The Hall–Kier alpha value is -2.84. The lowest BCUT2D eigenvalue weighted by Crippen LogP contribution is -2.24. The molecule has 9 heteroatoms. The number of nitrogens with one attached hydrogen (secondary N) is 2. The number of imidazole rings is 1. The van der Waals surface area contributed by atoms with Gasteiger partial charge in [-0.25, -0.2) is 4.98 Å². The maximum atomic E-state index is 12.0. The first kappa shape index (κ1) is 19.5. The van der Waals surface area contributed by atoms with Crippen LogP contribution in [-0.4, -0.2) is 31.8 Å². The zero-order chi connectivity index (χ0) is 20.1. The van der Waals surface area contributed by atoms with Gasteiger partial charge in [0.05, 0.1) is 16.8 Å². The minimum atomic E-state index is -0.105. The van der Waals surface area contributed by atoms with Crippen LogP contribution in [0.15, 0.2) is 58.2 Å². The van der Waals surface area contributed by atoms with Crippen molar-refractivity contribution >= 4 is 40.3 Å². The minimum Gasteiger partial charge on any atom is -0.416 e. The van der Waals surface area contributed by atoms with Crippen molar-refractivity contribution in [1.82, 2.24) is 25.5 Å². The Morgan fingerprint density at radius 3 is 2.76 bits per heavy atom. The SMILES string of the molecule is O=C(CSc1nnc(CCc2nc3ccccc3[nH]2)o1)NCc1ccc(Cl)cc1. The third kappa shape index (κ3) is 5.36. The summed E-state index contributed by atoms with van der Waals surface area (Å²) in [5.74, 6) is 1.50. The van der Waals surface area contributed by atoms with Gasteiger partial charge in [-0.2, -0.15) is 0 Å². The van der Waals surface area contributed by atoms with Gasteiger partial charge < -0.3 is 14.7 Å². The van der Waals surface area contributed by atoms with Crippen LogP contribution < -0.4 is 5.32 Å². The van der Waals surface area contributed by atoms with E-state index in [4.69, 9.17) is 16.0 Å². The Balaban J connectivity index is 1.22. The molecule has 0 aliphatic heterocycles. The topological polar surface area (TPSA) is 96.7 Å². The summed E-state index contributed by atoms with van der Waals surface area (Å²) in [6.07, 6.45) is 1.25. The predicted octanol–water partition coefficient (Wildman–Crippen LogP) is 3.79. The second kappa shape index (κ2) is 9.11. The van der Waals surface area contributed by atoms with Gasteiger partial charge in [-0.05, 0) is 29.8 Å². The Morgan fingerprint density at radius 2 is 1.93 bits per heavy atom. The van der Waals surface area contributed by atoms with Gasteiger partial charge in [0.2, 0.25) is 11.8 Å². The van der Waals surface area contributed by atoms with E-state index in [1.165, 1.54) is 11.8 Å². The second-order valence-corrected chi connectivity index (χ2v) is 7.72. The zero-order valence-electron chi connectivity index (χ0n) is 15.4. The number of benzene rings is 2. The smallest absolute Gasteiger partial charge is 0.277 e. The first-order chi connectivity index (χ1) is 14.2. The molecule has 1 amide bonds. The molecule has 0 unspecified atom stereocenters. The molecule has 0 bridgehead atoms. The number of thioether (sulfide) groups is 1. The average molecular weight is 428 g/mol. The molecule has 4 rings (SSSR count). The number of hydrogen-bond acceptors (Lipinski definition) is 6. The van der Waals surface area contributed by atoms with Crippen molar-refractivity contribution in [3.05, 3.63) is 70.8 Å². The molecule has 148 valence electrons. The van der Waals surface area contributed by atoms with E-state index in [1.807, 2.05) is 36.4 Å². The average Bonchev–Trinajstić information content (AvgIpc) is 3.36. The molecular formula is C20H18ClN5O2S. The Morgan fingerprint density at radius 1 is 1.10 bits per heavy atom. The van der Waals surface area contributed by atoms with E-state index < -0.39 is 0 Å². The quantitative estimate of drug-likeness (QED) is 0.415. The molecule has 2 N–H and O–H groups in total. The Bertz CT molecular complexity index is 1080. The number of carbonyl (C=O) groups excluding carboxylic acids is 1. The van der Waals surface area contributed by atoms with E-state index in [0.29, 0.717) is 35.5 Å². The molecule has 7 nitrogen and oxygen atoms in total. The van der Waals surface area contributed by atoms with E-state index >= 15 is 0 Å². The second-order valence-electron chi connectivity index (χ2n) is 6.35. The molecule has 2 aromatic carbocycles. The number of halogens is 1. The molecular weight excluding hydrogens is 410 g/mol. The minimum absolute atomic E-state index is 0.105. The van der Waals surface area contributed by atoms with Gasteiger partial charge in [0.25, 0.3) is 5.22 Å². The standard InChI is InChI=1S/C20H18ClN5O2S/c21-14-7-5-13(6-8-14)11-22-18(27)12-29-20-26-25-19(28-20)10-9-17-23-15-3-1-2-4-16(15)24-17/h1-8H,9-12H2,(H,22,27)(H,23,24).